The van der Waals surface area contributed by atoms with Crippen molar-refractivity contribution in [2.45, 2.75) is 39.5 Å². The summed E-state index contributed by atoms with van der Waals surface area (Å²) in [5.74, 6) is -0.255. The van der Waals surface area contributed by atoms with Gasteiger partial charge in [-0.15, -0.1) is 0 Å². The number of esters is 1. The summed E-state index contributed by atoms with van der Waals surface area (Å²) in [5.41, 5.74) is 7.60. The fraction of sp³-hybridized carbons (Fsp3) is 0.562. The maximum absolute atomic E-state index is 11.8. The van der Waals surface area contributed by atoms with Gasteiger partial charge in [-0.3, -0.25) is 4.79 Å². The fourth-order valence-electron chi connectivity index (χ4n) is 2.05. The molecule has 0 amide bonds. The van der Waals surface area contributed by atoms with Crippen LogP contribution in [0.2, 0.25) is 0 Å². The third kappa shape index (κ3) is 3.80. The van der Waals surface area contributed by atoms with Gasteiger partial charge in [-0.1, -0.05) is 45.0 Å². The Morgan fingerprint density at radius 1 is 1.16 bits per heavy atom. The predicted molar refractivity (Wildman–Crippen MR) is 78.0 cm³/mol. The van der Waals surface area contributed by atoms with Crippen molar-refractivity contribution in [1.82, 2.24) is 0 Å². The first-order chi connectivity index (χ1) is 8.73. The molecule has 0 aliphatic rings. The predicted octanol–water partition coefficient (Wildman–Crippen LogP) is 2.66. The van der Waals surface area contributed by atoms with Crippen LogP contribution in [0.1, 0.15) is 38.8 Å². The van der Waals surface area contributed by atoms with Crippen LogP contribution in [0.25, 0.3) is 0 Å². The molecule has 0 bridgehead atoms. The quantitative estimate of drug-likeness (QED) is 0.850. The second kappa shape index (κ2) is 5.74. The van der Waals surface area contributed by atoms with Crippen LogP contribution in [0, 0.1) is 5.41 Å². The van der Waals surface area contributed by atoms with Gasteiger partial charge in [-0.2, -0.15) is 0 Å². The van der Waals surface area contributed by atoms with Crippen LogP contribution in [0.3, 0.4) is 0 Å². The van der Waals surface area contributed by atoms with E-state index in [0.29, 0.717) is 6.42 Å². The molecular formula is C16H25NO2. The summed E-state index contributed by atoms with van der Waals surface area (Å²) in [6, 6.07) is 8.36. The van der Waals surface area contributed by atoms with Crippen molar-refractivity contribution in [3.05, 3.63) is 35.4 Å². The van der Waals surface area contributed by atoms with E-state index in [4.69, 9.17) is 10.5 Å². The minimum Gasteiger partial charge on any atom is -0.469 e. The number of benzene rings is 1. The highest BCUT2D eigenvalue weighted by molar-refractivity contribution is 5.77. The van der Waals surface area contributed by atoms with E-state index < -0.39 is 5.41 Å². The number of carbonyl (C=O) groups excluding carboxylic acids is 1. The van der Waals surface area contributed by atoms with Crippen molar-refractivity contribution < 1.29 is 9.53 Å². The molecule has 0 heterocycles. The van der Waals surface area contributed by atoms with E-state index in [2.05, 4.69) is 45.0 Å². The maximum atomic E-state index is 11.8. The fourth-order valence-corrected chi connectivity index (χ4v) is 2.05. The smallest absolute Gasteiger partial charge is 0.313 e. The lowest BCUT2D eigenvalue weighted by atomic mass is 9.82. The molecule has 19 heavy (non-hydrogen) atoms. The first kappa shape index (κ1) is 15.7. The van der Waals surface area contributed by atoms with E-state index in [9.17, 15) is 4.79 Å². The molecule has 3 nitrogen and oxygen atoms in total. The summed E-state index contributed by atoms with van der Waals surface area (Å²) < 4.78 is 4.84. The topological polar surface area (TPSA) is 52.3 Å². The van der Waals surface area contributed by atoms with Gasteiger partial charge >= 0.3 is 5.97 Å². The summed E-state index contributed by atoms with van der Waals surface area (Å²) in [4.78, 5) is 11.8. The van der Waals surface area contributed by atoms with Crippen molar-refractivity contribution in [2.75, 3.05) is 13.7 Å². The lowest BCUT2D eigenvalue weighted by Crippen LogP contribution is -2.38. The van der Waals surface area contributed by atoms with Gasteiger partial charge in [-0.25, -0.2) is 0 Å². The van der Waals surface area contributed by atoms with Gasteiger partial charge in [0.05, 0.1) is 12.5 Å². The summed E-state index contributed by atoms with van der Waals surface area (Å²) in [5, 5.41) is 0. The Balaban J connectivity index is 2.91. The van der Waals surface area contributed by atoms with Gasteiger partial charge in [0.1, 0.15) is 0 Å². The van der Waals surface area contributed by atoms with Gasteiger partial charge in [0.15, 0.2) is 0 Å². The molecule has 1 aromatic carbocycles. The van der Waals surface area contributed by atoms with Gasteiger partial charge in [0.25, 0.3) is 0 Å². The lowest BCUT2D eigenvalue weighted by molar-refractivity contribution is -0.151. The third-order valence-electron chi connectivity index (χ3n) is 3.54. The Morgan fingerprint density at radius 2 is 1.68 bits per heavy atom. The van der Waals surface area contributed by atoms with Crippen molar-refractivity contribution in [2.24, 2.45) is 11.1 Å². The minimum atomic E-state index is -0.655. The molecule has 2 N–H and O–H groups in total. The molecule has 0 saturated carbocycles. The molecule has 1 unspecified atom stereocenters. The molecular weight excluding hydrogens is 238 g/mol. The highest BCUT2D eigenvalue weighted by atomic mass is 16.5. The highest BCUT2D eigenvalue weighted by Crippen LogP contribution is 2.26. The lowest BCUT2D eigenvalue weighted by Gasteiger charge is -2.25. The van der Waals surface area contributed by atoms with Crippen LogP contribution >= 0.6 is 0 Å². The van der Waals surface area contributed by atoms with Crippen molar-refractivity contribution in [3.8, 4) is 0 Å². The molecule has 0 aliphatic heterocycles. The third-order valence-corrected chi connectivity index (χ3v) is 3.54. The van der Waals surface area contributed by atoms with Gasteiger partial charge in [-0.05, 0) is 29.9 Å². The maximum Gasteiger partial charge on any atom is 0.313 e. The minimum absolute atomic E-state index is 0.137. The molecule has 1 rings (SSSR count). The van der Waals surface area contributed by atoms with Crippen LogP contribution in [-0.4, -0.2) is 19.6 Å². The zero-order chi connectivity index (χ0) is 14.7. The Bertz CT molecular complexity index is 431. The molecule has 0 radical (unpaired) electrons. The zero-order valence-electron chi connectivity index (χ0n) is 12.6. The van der Waals surface area contributed by atoms with Crippen molar-refractivity contribution >= 4 is 5.97 Å². The average Bonchev–Trinajstić information content (AvgIpc) is 2.37. The number of nitrogens with two attached hydrogens (primary N) is 1. The first-order valence-electron chi connectivity index (χ1n) is 6.61. The summed E-state index contributed by atoms with van der Waals surface area (Å²) in [7, 11) is 1.40. The highest BCUT2D eigenvalue weighted by Gasteiger charge is 2.33. The number of rotatable bonds is 4. The standard InChI is InChI=1S/C16H25NO2/c1-15(2,3)13-8-6-12(7-9-13)10-16(4,11-17)14(18)19-5/h6-9H,10-11,17H2,1-5H3. The van der Waals surface area contributed by atoms with Crippen LogP contribution in [0.5, 0.6) is 0 Å². The molecule has 106 valence electrons. The zero-order valence-corrected chi connectivity index (χ0v) is 12.6. The first-order valence-corrected chi connectivity index (χ1v) is 6.61. The van der Waals surface area contributed by atoms with E-state index in [1.165, 1.54) is 12.7 Å². The number of methoxy groups -OCH3 is 1. The molecule has 1 atom stereocenters. The van der Waals surface area contributed by atoms with Crippen LogP contribution < -0.4 is 5.73 Å². The number of hydrogen-bond donors (Lipinski definition) is 1. The van der Waals surface area contributed by atoms with E-state index >= 15 is 0 Å². The van der Waals surface area contributed by atoms with Crippen LogP contribution in [-0.2, 0) is 21.4 Å². The molecule has 0 aliphatic carbocycles. The van der Waals surface area contributed by atoms with Gasteiger partial charge < -0.3 is 10.5 Å². The van der Waals surface area contributed by atoms with Crippen LogP contribution in [0.4, 0.5) is 0 Å². The second-order valence-corrected chi connectivity index (χ2v) is 6.38. The molecule has 1 aromatic rings. The van der Waals surface area contributed by atoms with Gasteiger partial charge in [0, 0.05) is 6.54 Å². The number of hydrogen-bond acceptors (Lipinski definition) is 3. The van der Waals surface area contributed by atoms with E-state index in [1.54, 1.807) is 0 Å². The molecule has 0 saturated heterocycles. The summed E-state index contributed by atoms with van der Waals surface area (Å²) >= 11 is 0. The van der Waals surface area contributed by atoms with Gasteiger partial charge in [0.2, 0.25) is 0 Å². The largest absolute Gasteiger partial charge is 0.469 e. The Kier molecular flexibility index (Phi) is 4.75. The molecule has 3 heteroatoms. The average molecular weight is 263 g/mol. The Hall–Kier alpha value is -1.35. The van der Waals surface area contributed by atoms with E-state index in [-0.39, 0.29) is 17.9 Å². The molecule has 0 aromatic heterocycles. The van der Waals surface area contributed by atoms with E-state index in [1.807, 2.05) is 6.92 Å². The monoisotopic (exact) mass is 263 g/mol. The SMILES string of the molecule is COC(=O)C(C)(CN)Cc1ccc(C(C)(C)C)cc1. The van der Waals surface area contributed by atoms with Crippen LogP contribution in [0.15, 0.2) is 24.3 Å². The summed E-state index contributed by atoms with van der Waals surface area (Å²) in [6.45, 7) is 8.67. The Labute approximate surface area is 116 Å². The second-order valence-electron chi connectivity index (χ2n) is 6.38. The normalized spacial score (nSPS) is 14.8. The van der Waals surface area contributed by atoms with E-state index in [0.717, 1.165) is 5.56 Å². The number of carbonyl (C=O) groups is 1. The number of ether oxygens (including phenoxy) is 1. The molecule has 0 spiro atoms. The molecule has 0 fully saturated rings. The Morgan fingerprint density at radius 3 is 2.05 bits per heavy atom. The van der Waals surface area contributed by atoms with Crippen molar-refractivity contribution in [3.63, 3.8) is 0 Å². The van der Waals surface area contributed by atoms with Crippen molar-refractivity contribution in [1.29, 1.82) is 0 Å². The summed E-state index contributed by atoms with van der Waals surface area (Å²) in [6.07, 6.45) is 0.598.